The Morgan fingerprint density at radius 3 is 2.44 bits per heavy atom. The SMILES string of the molecule is CCC(=O)c1cccc(SC)c1C(F)(F)F. The van der Waals surface area contributed by atoms with E-state index in [1.165, 1.54) is 18.2 Å². The zero-order chi connectivity index (χ0) is 12.3. The van der Waals surface area contributed by atoms with Gasteiger partial charge >= 0.3 is 6.18 Å². The van der Waals surface area contributed by atoms with Crippen LogP contribution in [-0.4, -0.2) is 12.0 Å². The van der Waals surface area contributed by atoms with Crippen LogP contribution in [0.15, 0.2) is 23.1 Å². The predicted octanol–water partition coefficient (Wildman–Crippen LogP) is 4.02. The maximum atomic E-state index is 12.8. The summed E-state index contributed by atoms with van der Waals surface area (Å²) in [6.45, 7) is 1.55. The lowest BCUT2D eigenvalue weighted by Crippen LogP contribution is -2.14. The maximum Gasteiger partial charge on any atom is 0.418 e. The van der Waals surface area contributed by atoms with Crippen molar-refractivity contribution in [1.82, 2.24) is 0 Å². The number of carbonyl (C=O) groups is 1. The van der Waals surface area contributed by atoms with Gasteiger partial charge in [-0.3, -0.25) is 4.79 Å². The van der Waals surface area contributed by atoms with Crippen molar-refractivity contribution in [2.75, 3.05) is 6.26 Å². The Bertz CT molecular complexity index is 399. The lowest BCUT2D eigenvalue weighted by molar-refractivity contribution is -0.140. The van der Waals surface area contributed by atoms with Gasteiger partial charge in [0, 0.05) is 16.9 Å². The third-order valence-electron chi connectivity index (χ3n) is 2.15. The highest BCUT2D eigenvalue weighted by atomic mass is 32.2. The summed E-state index contributed by atoms with van der Waals surface area (Å²) in [6, 6.07) is 4.08. The molecule has 0 N–H and O–H groups in total. The number of hydrogen-bond acceptors (Lipinski definition) is 2. The highest BCUT2D eigenvalue weighted by Gasteiger charge is 2.37. The van der Waals surface area contributed by atoms with Gasteiger partial charge in [-0.2, -0.15) is 13.2 Å². The largest absolute Gasteiger partial charge is 0.418 e. The summed E-state index contributed by atoms with van der Waals surface area (Å²) in [4.78, 5) is 11.5. The smallest absolute Gasteiger partial charge is 0.294 e. The Morgan fingerprint density at radius 2 is 2.00 bits per heavy atom. The average Bonchev–Trinajstić information content (AvgIpc) is 2.25. The van der Waals surface area contributed by atoms with Crippen LogP contribution in [0.5, 0.6) is 0 Å². The van der Waals surface area contributed by atoms with Crippen LogP contribution in [0.4, 0.5) is 13.2 Å². The molecule has 0 heterocycles. The first-order chi connectivity index (χ1) is 7.41. The Morgan fingerprint density at radius 1 is 1.38 bits per heavy atom. The second kappa shape index (κ2) is 4.91. The first-order valence-electron chi connectivity index (χ1n) is 4.69. The van der Waals surface area contributed by atoms with Gasteiger partial charge in [-0.25, -0.2) is 0 Å². The maximum absolute atomic E-state index is 12.8. The number of halogens is 3. The molecule has 88 valence electrons. The van der Waals surface area contributed by atoms with Crippen LogP contribution in [0.2, 0.25) is 0 Å². The average molecular weight is 248 g/mol. The fourth-order valence-corrected chi connectivity index (χ4v) is 2.06. The van der Waals surface area contributed by atoms with E-state index in [1.54, 1.807) is 13.2 Å². The van der Waals surface area contributed by atoms with Gasteiger partial charge in [-0.15, -0.1) is 11.8 Å². The van der Waals surface area contributed by atoms with E-state index in [4.69, 9.17) is 0 Å². The topological polar surface area (TPSA) is 17.1 Å². The number of ketones is 1. The molecule has 0 aromatic heterocycles. The molecule has 16 heavy (non-hydrogen) atoms. The van der Waals surface area contributed by atoms with Gasteiger partial charge < -0.3 is 0 Å². The lowest BCUT2D eigenvalue weighted by Gasteiger charge is -2.15. The van der Waals surface area contributed by atoms with E-state index in [-0.39, 0.29) is 16.9 Å². The minimum absolute atomic E-state index is 0.0704. The fraction of sp³-hybridized carbons (Fsp3) is 0.364. The molecule has 1 nitrogen and oxygen atoms in total. The normalized spacial score (nSPS) is 11.6. The minimum Gasteiger partial charge on any atom is -0.294 e. The molecule has 5 heteroatoms. The number of alkyl halides is 3. The first kappa shape index (κ1) is 13.1. The number of rotatable bonds is 3. The van der Waals surface area contributed by atoms with Crippen molar-refractivity contribution in [2.24, 2.45) is 0 Å². The summed E-state index contributed by atoms with van der Waals surface area (Å²) in [7, 11) is 0. The van der Waals surface area contributed by atoms with Gasteiger partial charge in [0.25, 0.3) is 0 Å². The Labute approximate surface area is 96.0 Å². The van der Waals surface area contributed by atoms with E-state index in [2.05, 4.69) is 0 Å². The van der Waals surface area contributed by atoms with Gasteiger partial charge in [0.15, 0.2) is 5.78 Å². The highest BCUT2D eigenvalue weighted by molar-refractivity contribution is 7.98. The minimum atomic E-state index is -4.49. The van der Waals surface area contributed by atoms with Gasteiger partial charge in [0.1, 0.15) is 0 Å². The van der Waals surface area contributed by atoms with Crippen LogP contribution in [0.25, 0.3) is 0 Å². The standard InChI is InChI=1S/C11H11F3OS/c1-3-8(15)7-5-4-6-9(16-2)10(7)11(12,13)14/h4-6H,3H2,1-2H3. The molecule has 0 radical (unpaired) electrons. The molecular formula is C11H11F3OS. The second-order valence-electron chi connectivity index (χ2n) is 3.16. The molecule has 0 amide bonds. The van der Waals surface area contributed by atoms with Gasteiger partial charge in [-0.05, 0) is 12.3 Å². The summed E-state index contributed by atoms with van der Waals surface area (Å²) < 4.78 is 38.5. The third-order valence-corrected chi connectivity index (χ3v) is 2.93. The summed E-state index contributed by atoms with van der Waals surface area (Å²) in [5.41, 5.74) is -1.05. The number of Topliss-reactive ketones (excluding diaryl/α,β-unsaturated/α-hetero) is 1. The van der Waals surface area contributed by atoms with Crippen molar-refractivity contribution < 1.29 is 18.0 Å². The molecule has 1 rings (SSSR count). The quantitative estimate of drug-likeness (QED) is 0.593. The molecule has 0 saturated heterocycles. The Balaban J connectivity index is 3.44. The van der Waals surface area contributed by atoms with Crippen molar-refractivity contribution in [1.29, 1.82) is 0 Å². The van der Waals surface area contributed by atoms with Crippen LogP contribution < -0.4 is 0 Å². The molecule has 0 fully saturated rings. The Hall–Kier alpha value is -0.970. The van der Waals surface area contributed by atoms with Crippen LogP contribution in [0.1, 0.15) is 29.3 Å². The van der Waals surface area contributed by atoms with E-state index in [9.17, 15) is 18.0 Å². The van der Waals surface area contributed by atoms with E-state index >= 15 is 0 Å². The summed E-state index contributed by atoms with van der Waals surface area (Å²) in [6.07, 6.45) is -2.86. The zero-order valence-corrected chi connectivity index (χ0v) is 9.71. The molecule has 0 aliphatic rings. The molecule has 0 saturated carbocycles. The predicted molar refractivity (Wildman–Crippen MR) is 57.8 cm³/mol. The monoisotopic (exact) mass is 248 g/mol. The molecule has 0 bridgehead atoms. The number of carbonyl (C=O) groups excluding carboxylic acids is 1. The van der Waals surface area contributed by atoms with Crippen LogP contribution in [0.3, 0.4) is 0 Å². The molecular weight excluding hydrogens is 237 g/mol. The summed E-state index contributed by atoms with van der Waals surface area (Å²) in [5, 5.41) is 0. The highest BCUT2D eigenvalue weighted by Crippen LogP contribution is 2.38. The number of hydrogen-bond donors (Lipinski definition) is 0. The third kappa shape index (κ3) is 2.58. The van der Waals surface area contributed by atoms with E-state index in [0.717, 1.165) is 11.8 Å². The number of benzene rings is 1. The second-order valence-corrected chi connectivity index (χ2v) is 4.01. The molecule has 1 aromatic carbocycles. The van der Waals surface area contributed by atoms with Crippen molar-refractivity contribution in [3.8, 4) is 0 Å². The molecule has 0 spiro atoms. The summed E-state index contributed by atoms with van der Waals surface area (Å²) >= 11 is 0.992. The zero-order valence-electron chi connectivity index (χ0n) is 8.89. The fourth-order valence-electron chi connectivity index (χ4n) is 1.42. The molecule has 1 aromatic rings. The number of thioether (sulfide) groups is 1. The van der Waals surface area contributed by atoms with Crippen LogP contribution in [-0.2, 0) is 6.18 Å². The molecule has 0 unspecified atom stereocenters. The lowest BCUT2D eigenvalue weighted by atomic mass is 10.0. The van der Waals surface area contributed by atoms with Gasteiger partial charge in [0.2, 0.25) is 0 Å². The molecule has 0 aliphatic carbocycles. The van der Waals surface area contributed by atoms with E-state index < -0.39 is 17.5 Å². The van der Waals surface area contributed by atoms with Crippen LogP contribution >= 0.6 is 11.8 Å². The van der Waals surface area contributed by atoms with Gasteiger partial charge in [-0.1, -0.05) is 19.1 Å². The van der Waals surface area contributed by atoms with Crippen molar-refractivity contribution in [3.05, 3.63) is 29.3 Å². The van der Waals surface area contributed by atoms with Crippen molar-refractivity contribution >= 4 is 17.5 Å². The summed E-state index contributed by atoms with van der Waals surface area (Å²) in [5.74, 6) is -0.483. The first-order valence-corrected chi connectivity index (χ1v) is 5.91. The van der Waals surface area contributed by atoms with E-state index in [0.29, 0.717) is 0 Å². The van der Waals surface area contributed by atoms with Gasteiger partial charge in [0.05, 0.1) is 5.56 Å². The van der Waals surface area contributed by atoms with Crippen molar-refractivity contribution in [3.63, 3.8) is 0 Å². The van der Waals surface area contributed by atoms with E-state index in [1.807, 2.05) is 0 Å². The Kier molecular flexibility index (Phi) is 4.02. The van der Waals surface area contributed by atoms with Crippen molar-refractivity contribution in [2.45, 2.75) is 24.4 Å². The molecule has 0 aliphatic heterocycles. The molecule has 0 atom stereocenters. The van der Waals surface area contributed by atoms with Crippen LogP contribution in [0, 0.1) is 0 Å².